The van der Waals surface area contributed by atoms with E-state index >= 15 is 0 Å². The largest absolute Gasteiger partial charge is 0.357 e. The Morgan fingerprint density at radius 1 is 0.966 bits per heavy atom. The summed E-state index contributed by atoms with van der Waals surface area (Å²) >= 11 is 0. The first-order valence-corrected chi connectivity index (χ1v) is 10.2. The monoisotopic (exact) mass is 386 g/mol. The maximum atomic E-state index is 5.02. The van der Waals surface area contributed by atoms with Crippen LogP contribution in [0.2, 0.25) is 0 Å². The van der Waals surface area contributed by atoms with Gasteiger partial charge in [0.05, 0.1) is 34.7 Å². The Morgan fingerprint density at radius 3 is 2.52 bits per heavy atom. The van der Waals surface area contributed by atoms with Crippen molar-refractivity contribution in [1.82, 2.24) is 25.0 Å². The third-order valence-corrected chi connectivity index (χ3v) is 6.30. The van der Waals surface area contributed by atoms with Crippen LogP contribution in [0, 0.1) is 20.8 Å². The van der Waals surface area contributed by atoms with Crippen molar-refractivity contribution < 1.29 is 0 Å². The fourth-order valence-corrected chi connectivity index (χ4v) is 4.48. The molecule has 29 heavy (non-hydrogen) atoms. The maximum Gasteiger partial charge on any atom is 0.132 e. The molecule has 0 unspecified atom stereocenters. The van der Waals surface area contributed by atoms with Gasteiger partial charge in [-0.25, -0.2) is 4.98 Å². The molecule has 0 amide bonds. The SMILES string of the molecule is Cc1ccc(-n2nccn2)c(N2CCC[C@@]2(C)c2nc3cc(C)c(C)cc3[nH]2)c1. The molecule has 1 fully saturated rings. The molecule has 1 atom stereocenters. The number of H-pyrrole nitrogens is 1. The van der Waals surface area contributed by atoms with Crippen LogP contribution in [0.15, 0.2) is 42.7 Å². The topological polar surface area (TPSA) is 62.6 Å². The quantitative estimate of drug-likeness (QED) is 0.560. The number of rotatable bonds is 3. The van der Waals surface area contributed by atoms with Crippen LogP contribution in [-0.2, 0) is 5.54 Å². The van der Waals surface area contributed by atoms with Gasteiger partial charge in [0.1, 0.15) is 11.5 Å². The van der Waals surface area contributed by atoms with Gasteiger partial charge >= 0.3 is 0 Å². The standard InChI is InChI=1S/C23H26N6/c1-15-6-7-20(29-24-9-10-25-29)21(12-15)28-11-5-8-23(28,4)22-26-18-13-16(2)17(3)14-19(18)27-22/h6-7,9-10,12-14H,5,8,11H2,1-4H3,(H,26,27)/t23-/m0/s1. The molecule has 1 aliphatic rings. The maximum absolute atomic E-state index is 5.02. The van der Waals surface area contributed by atoms with Crippen LogP contribution in [-0.4, -0.2) is 31.5 Å². The van der Waals surface area contributed by atoms with Crippen molar-refractivity contribution in [2.75, 3.05) is 11.4 Å². The molecule has 0 spiro atoms. The molecule has 0 radical (unpaired) electrons. The van der Waals surface area contributed by atoms with E-state index in [1.165, 1.54) is 16.7 Å². The fourth-order valence-electron chi connectivity index (χ4n) is 4.48. The summed E-state index contributed by atoms with van der Waals surface area (Å²) in [7, 11) is 0. The highest BCUT2D eigenvalue weighted by molar-refractivity contribution is 5.78. The lowest BCUT2D eigenvalue weighted by atomic mass is 9.97. The normalized spacial score (nSPS) is 19.4. The van der Waals surface area contributed by atoms with Crippen molar-refractivity contribution >= 4 is 16.7 Å². The molecule has 148 valence electrons. The van der Waals surface area contributed by atoms with E-state index in [4.69, 9.17) is 4.98 Å². The molecule has 0 aliphatic carbocycles. The summed E-state index contributed by atoms with van der Waals surface area (Å²) in [5.41, 5.74) is 7.85. The summed E-state index contributed by atoms with van der Waals surface area (Å²) in [6, 6.07) is 10.8. The van der Waals surface area contributed by atoms with Gasteiger partial charge in [0.25, 0.3) is 0 Å². The number of fused-ring (bicyclic) bond motifs is 1. The van der Waals surface area contributed by atoms with Crippen LogP contribution in [0.25, 0.3) is 16.7 Å². The van der Waals surface area contributed by atoms with Gasteiger partial charge in [0, 0.05) is 6.54 Å². The van der Waals surface area contributed by atoms with Crippen molar-refractivity contribution in [2.45, 2.75) is 46.1 Å². The summed E-state index contributed by atoms with van der Waals surface area (Å²) in [6.45, 7) is 9.69. The molecule has 0 saturated carbocycles. The van der Waals surface area contributed by atoms with Crippen LogP contribution in [0.1, 0.15) is 42.3 Å². The van der Waals surface area contributed by atoms with Crippen LogP contribution >= 0.6 is 0 Å². The summed E-state index contributed by atoms with van der Waals surface area (Å²) in [5.74, 6) is 1.02. The molecule has 0 bridgehead atoms. The lowest BCUT2D eigenvalue weighted by molar-refractivity contribution is 0.466. The lowest BCUT2D eigenvalue weighted by Crippen LogP contribution is -2.40. The van der Waals surface area contributed by atoms with Crippen molar-refractivity contribution in [1.29, 1.82) is 0 Å². The molecular weight excluding hydrogens is 360 g/mol. The van der Waals surface area contributed by atoms with Gasteiger partial charge in [-0.05, 0) is 81.5 Å². The Hall–Kier alpha value is -3.15. The van der Waals surface area contributed by atoms with E-state index in [-0.39, 0.29) is 5.54 Å². The number of nitrogens with zero attached hydrogens (tertiary/aromatic N) is 5. The molecule has 6 heteroatoms. The van der Waals surface area contributed by atoms with Crippen molar-refractivity contribution in [2.24, 2.45) is 0 Å². The smallest absolute Gasteiger partial charge is 0.132 e. The lowest BCUT2D eigenvalue weighted by Gasteiger charge is -2.36. The number of hydrogen-bond donors (Lipinski definition) is 1. The van der Waals surface area contributed by atoms with Crippen LogP contribution in [0.3, 0.4) is 0 Å². The van der Waals surface area contributed by atoms with Crippen molar-refractivity contribution in [3.63, 3.8) is 0 Å². The van der Waals surface area contributed by atoms with Gasteiger partial charge in [-0.15, -0.1) is 4.80 Å². The molecule has 2 aromatic carbocycles. The molecule has 4 aromatic rings. The zero-order valence-electron chi connectivity index (χ0n) is 17.4. The Kier molecular flexibility index (Phi) is 3.98. The molecule has 2 aromatic heterocycles. The van der Waals surface area contributed by atoms with E-state index in [9.17, 15) is 0 Å². The number of anilines is 1. The minimum atomic E-state index is -0.212. The van der Waals surface area contributed by atoms with Crippen molar-refractivity contribution in [3.8, 4) is 5.69 Å². The minimum Gasteiger partial charge on any atom is -0.357 e. The number of hydrogen-bond acceptors (Lipinski definition) is 4. The summed E-state index contributed by atoms with van der Waals surface area (Å²) in [5, 5.41) is 8.76. The van der Waals surface area contributed by atoms with E-state index in [1.807, 2.05) is 0 Å². The number of aromatic nitrogens is 5. The van der Waals surface area contributed by atoms with Crippen LogP contribution in [0.5, 0.6) is 0 Å². The molecule has 1 saturated heterocycles. The molecule has 1 N–H and O–H groups in total. The number of benzene rings is 2. The second-order valence-electron chi connectivity index (χ2n) is 8.38. The molecule has 1 aliphatic heterocycles. The number of nitrogens with one attached hydrogen (secondary N) is 1. The summed E-state index contributed by atoms with van der Waals surface area (Å²) in [6.07, 6.45) is 5.60. The van der Waals surface area contributed by atoms with Gasteiger partial charge < -0.3 is 9.88 Å². The van der Waals surface area contributed by atoms with E-state index in [1.54, 1.807) is 17.2 Å². The fraction of sp³-hybridized carbons (Fsp3) is 0.348. The third kappa shape index (κ3) is 2.82. The average Bonchev–Trinajstić information content (AvgIpc) is 3.42. The van der Waals surface area contributed by atoms with Gasteiger partial charge in [-0.1, -0.05) is 6.07 Å². The first kappa shape index (κ1) is 17.9. The second kappa shape index (κ2) is 6.44. The summed E-state index contributed by atoms with van der Waals surface area (Å²) in [4.78, 5) is 12.8. The highest BCUT2D eigenvalue weighted by Gasteiger charge is 2.42. The van der Waals surface area contributed by atoms with E-state index < -0.39 is 0 Å². The molecule has 6 nitrogen and oxygen atoms in total. The highest BCUT2D eigenvalue weighted by Crippen LogP contribution is 2.43. The average molecular weight is 387 g/mol. The van der Waals surface area contributed by atoms with Gasteiger partial charge in [0.2, 0.25) is 0 Å². The first-order valence-electron chi connectivity index (χ1n) is 10.2. The zero-order chi connectivity index (χ0) is 20.2. The van der Waals surface area contributed by atoms with E-state index in [2.05, 4.69) is 78.1 Å². The molecule has 3 heterocycles. The Morgan fingerprint density at radius 2 is 1.72 bits per heavy atom. The minimum absolute atomic E-state index is 0.212. The predicted molar refractivity (Wildman–Crippen MR) is 116 cm³/mol. The Bertz CT molecular complexity index is 1150. The Labute approximate surface area is 170 Å². The van der Waals surface area contributed by atoms with E-state index in [0.29, 0.717) is 0 Å². The number of aromatic amines is 1. The van der Waals surface area contributed by atoms with Crippen LogP contribution in [0.4, 0.5) is 5.69 Å². The molecule has 5 rings (SSSR count). The van der Waals surface area contributed by atoms with Gasteiger partial charge in [-0.3, -0.25) is 0 Å². The molecular formula is C23H26N6. The summed E-state index contributed by atoms with van der Waals surface area (Å²) < 4.78 is 0. The third-order valence-electron chi connectivity index (χ3n) is 6.30. The van der Waals surface area contributed by atoms with Crippen molar-refractivity contribution in [3.05, 3.63) is 65.2 Å². The van der Waals surface area contributed by atoms with E-state index in [0.717, 1.165) is 47.6 Å². The van der Waals surface area contributed by atoms with Crippen LogP contribution < -0.4 is 4.90 Å². The number of imidazole rings is 1. The van der Waals surface area contributed by atoms with Gasteiger partial charge in [-0.2, -0.15) is 10.2 Å². The number of aryl methyl sites for hydroxylation is 3. The Balaban J connectivity index is 1.65. The zero-order valence-corrected chi connectivity index (χ0v) is 17.4. The second-order valence-corrected chi connectivity index (χ2v) is 8.38. The predicted octanol–water partition coefficient (Wildman–Crippen LogP) is 4.58. The first-order chi connectivity index (χ1) is 14.0. The van der Waals surface area contributed by atoms with Gasteiger partial charge in [0.15, 0.2) is 0 Å². The highest BCUT2D eigenvalue weighted by atomic mass is 15.5.